The van der Waals surface area contributed by atoms with Gasteiger partial charge in [-0.3, -0.25) is 19.7 Å². The fourth-order valence-electron chi connectivity index (χ4n) is 1.45. The van der Waals surface area contributed by atoms with E-state index in [1.54, 1.807) is 12.1 Å². The average Bonchev–Trinajstić information content (AvgIpc) is 2.78. The first-order valence-corrected chi connectivity index (χ1v) is 6.30. The van der Waals surface area contributed by atoms with Crippen molar-refractivity contribution in [3.05, 3.63) is 60.1 Å². The number of pyridine rings is 1. The van der Waals surface area contributed by atoms with Crippen LogP contribution in [0.3, 0.4) is 0 Å². The van der Waals surface area contributed by atoms with Crippen LogP contribution in [0, 0.1) is 10.1 Å². The maximum Gasteiger partial charge on any atom is 0.285 e. The first kappa shape index (κ1) is 13.4. The van der Waals surface area contributed by atoms with Crippen molar-refractivity contribution in [2.24, 2.45) is 0 Å². The van der Waals surface area contributed by atoms with Crippen LogP contribution in [0.4, 0.5) is 5.69 Å². The Morgan fingerprint density at radius 1 is 1.37 bits per heavy atom. The monoisotopic (exact) mass is 298 g/mol. The summed E-state index contributed by atoms with van der Waals surface area (Å²) in [6, 6.07) is 5.30. The lowest BCUT2D eigenvalue weighted by atomic mass is 10.3. The Kier molecular flexibility index (Phi) is 3.77. The summed E-state index contributed by atoms with van der Waals surface area (Å²) < 4.78 is 1.48. The first-order chi connectivity index (χ1) is 8.97. The van der Waals surface area contributed by atoms with E-state index in [4.69, 9.17) is 11.6 Å². The fraction of sp³-hybridized carbons (Fsp3) is 0.0909. The number of thiophene rings is 1. The summed E-state index contributed by atoms with van der Waals surface area (Å²) in [5, 5.41) is 10.6. The second-order valence-electron chi connectivity index (χ2n) is 3.64. The Morgan fingerprint density at radius 2 is 2.11 bits per heavy atom. The Bertz CT molecular complexity index is 707. The number of carbonyl (C=O) groups is 1. The van der Waals surface area contributed by atoms with Gasteiger partial charge in [-0.1, -0.05) is 11.6 Å². The minimum absolute atomic E-state index is 0.239. The van der Waals surface area contributed by atoms with Crippen LogP contribution >= 0.6 is 22.9 Å². The van der Waals surface area contributed by atoms with Gasteiger partial charge < -0.3 is 4.57 Å². The summed E-state index contributed by atoms with van der Waals surface area (Å²) in [4.78, 5) is 33.8. The third-order valence-corrected chi connectivity index (χ3v) is 3.61. The Labute approximate surface area is 116 Å². The molecule has 6 nitrogen and oxygen atoms in total. The quantitative estimate of drug-likeness (QED) is 0.493. The lowest BCUT2D eigenvalue weighted by molar-refractivity contribution is -0.385. The summed E-state index contributed by atoms with van der Waals surface area (Å²) in [5.41, 5.74) is -0.710. The zero-order chi connectivity index (χ0) is 14.0. The van der Waals surface area contributed by atoms with Crippen molar-refractivity contribution in [1.82, 2.24) is 4.57 Å². The zero-order valence-electron chi connectivity index (χ0n) is 9.41. The number of carbonyl (C=O) groups excluding carboxylic acids is 1. The Hall–Kier alpha value is -1.99. The first-order valence-electron chi connectivity index (χ1n) is 5.11. The van der Waals surface area contributed by atoms with Gasteiger partial charge in [-0.25, -0.2) is 0 Å². The number of halogens is 1. The number of nitrogens with zero attached hydrogens (tertiary/aromatic N) is 2. The molecule has 0 aliphatic heterocycles. The van der Waals surface area contributed by atoms with Crippen molar-refractivity contribution in [2.45, 2.75) is 6.54 Å². The van der Waals surface area contributed by atoms with Crippen molar-refractivity contribution in [1.29, 1.82) is 0 Å². The molecule has 19 heavy (non-hydrogen) atoms. The van der Waals surface area contributed by atoms with Crippen molar-refractivity contribution in [3.63, 3.8) is 0 Å². The molecule has 0 saturated carbocycles. The second kappa shape index (κ2) is 5.33. The van der Waals surface area contributed by atoms with Crippen LogP contribution in [0.2, 0.25) is 4.34 Å². The van der Waals surface area contributed by atoms with Gasteiger partial charge in [0.2, 0.25) is 0 Å². The topological polar surface area (TPSA) is 82.2 Å². The van der Waals surface area contributed by atoms with Gasteiger partial charge in [0.25, 0.3) is 11.2 Å². The zero-order valence-corrected chi connectivity index (χ0v) is 11.0. The van der Waals surface area contributed by atoms with Gasteiger partial charge in [-0.05, 0) is 12.1 Å². The molecule has 0 aliphatic carbocycles. The van der Waals surface area contributed by atoms with Crippen molar-refractivity contribution >= 4 is 34.4 Å². The highest BCUT2D eigenvalue weighted by Crippen LogP contribution is 2.22. The standard InChI is InChI=1S/C11H7ClN2O4S/c12-10-3-2-9(19-10)8(15)6-13-5-7(14(17)18)1-4-11(13)16/h1-5H,6H2. The van der Waals surface area contributed by atoms with Gasteiger partial charge in [0, 0.05) is 12.1 Å². The van der Waals surface area contributed by atoms with Gasteiger partial charge in [0.15, 0.2) is 5.78 Å². The van der Waals surface area contributed by atoms with E-state index in [-0.39, 0.29) is 18.0 Å². The summed E-state index contributed by atoms with van der Waals surface area (Å²) in [6.45, 7) is -0.253. The molecule has 2 aromatic heterocycles. The van der Waals surface area contributed by atoms with E-state index in [1.807, 2.05) is 0 Å². The lowest BCUT2D eigenvalue weighted by Crippen LogP contribution is -2.23. The summed E-state index contributed by atoms with van der Waals surface area (Å²) in [7, 11) is 0. The predicted molar refractivity (Wildman–Crippen MR) is 71.0 cm³/mol. The van der Waals surface area contributed by atoms with E-state index in [2.05, 4.69) is 0 Å². The molecule has 0 aliphatic rings. The Balaban J connectivity index is 2.28. The van der Waals surface area contributed by atoms with Crippen LogP contribution < -0.4 is 5.56 Å². The highest BCUT2D eigenvalue weighted by Gasteiger charge is 2.13. The maximum absolute atomic E-state index is 11.9. The average molecular weight is 299 g/mol. The summed E-state index contributed by atoms with van der Waals surface area (Å²) in [5.74, 6) is -0.320. The number of nitro groups is 1. The second-order valence-corrected chi connectivity index (χ2v) is 5.35. The van der Waals surface area contributed by atoms with Crippen LogP contribution in [0.15, 0.2) is 35.3 Å². The number of hydrogen-bond acceptors (Lipinski definition) is 5. The van der Waals surface area contributed by atoms with Gasteiger partial charge in [0.1, 0.15) is 0 Å². The molecular weight excluding hydrogens is 292 g/mol. The molecule has 0 bridgehead atoms. The molecule has 98 valence electrons. The van der Waals surface area contributed by atoms with Crippen LogP contribution in [0.5, 0.6) is 0 Å². The smallest absolute Gasteiger partial charge is 0.285 e. The highest BCUT2D eigenvalue weighted by atomic mass is 35.5. The number of rotatable bonds is 4. The predicted octanol–water partition coefficient (Wildman–Crippen LogP) is 2.35. The van der Waals surface area contributed by atoms with Gasteiger partial charge >= 0.3 is 0 Å². The SMILES string of the molecule is O=C(Cn1cc([N+](=O)[O-])ccc1=O)c1ccc(Cl)s1. The maximum atomic E-state index is 11.9. The van der Waals surface area contributed by atoms with E-state index in [9.17, 15) is 19.7 Å². The molecule has 0 aromatic carbocycles. The van der Waals surface area contributed by atoms with Gasteiger partial charge in [-0.15, -0.1) is 11.3 Å². The minimum Gasteiger partial charge on any atom is -0.301 e. The summed E-state index contributed by atoms with van der Waals surface area (Å²) in [6.07, 6.45) is 1.05. The van der Waals surface area contributed by atoms with Crippen LogP contribution in [-0.2, 0) is 6.54 Å². The van der Waals surface area contributed by atoms with Crippen molar-refractivity contribution in [2.75, 3.05) is 0 Å². The van der Waals surface area contributed by atoms with Gasteiger partial charge in [-0.2, -0.15) is 0 Å². The largest absolute Gasteiger partial charge is 0.301 e. The molecule has 2 aromatic rings. The molecule has 0 N–H and O–H groups in total. The number of Topliss-reactive ketones (excluding diaryl/α,β-unsaturated/α-hetero) is 1. The van der Waals surface area contributed by atoms with Crippen molar-refractivity contribution < 1.29 is 9.72 Å². The molecule has 8 heteroatoms. The van der Waals surface area contributed by atoms with E-state index in [0.29, 0.717) is 9.21 Å². The summed E-state index contributed by atoms with van der Waals surface area (Å²) >= 11 is 6.81. The molecule has 0 unspecified atom stereocenters. The minimum atomic E-state index is -0.623. The third-order valence-electron chi connectivity index (χ3n) is 2.34. The molecule has 0 atom stereocenters. The number of ketones is 1. The lowest BCUT2D eigenvalue weighted by Gasteiger charge is -2.02. The van der Waals surface area contributed by atoms with Crippen LogP contribution in [0.1, 0.15) is 9.67 Å². The molecule has 2 rings (SSSR count). The molecule has 2 heterocycles. The molecular formula is C11H7ClN2O4S. The van der Waals surface area contributed by atoms with E-state index in [1.165, 1.54) is 0 Å². The van der Waals surface area contributed by atoms with Crippen LogP contribution in [0.25, 0.3) is 0 Å². The van der Waals surface area contributed by atoms with E-state index in [0.717, 1.165) is 34.2 Å². The highest BCUT2D eigenvalue weighted by molar-refractivity contribution is 7.18. The number of aromatic nitrogens is 1. The molecule has 0 fully saturated rings. The number of hydrogen-bond donors (Lipinski definition) is 0. The van der Waals surface area contributed by atoms with E-state index < -0.39 is 10.5 Å². The molecule has 0 radical (unpaired) electrons. The third kappa shape index (κ3) is 3.07. The van der Waals surface area contributed by atoms with Crippen molar-refractivity contribution in [3.8, 4) is 0 Å². The molecule has 0 spiro atoms. The fourth-order valence-corrected chi connectivity index (χ4v) is 2.42. The normalized spacial score (nSPS) is 10.4. The molecule has 0 saturated heterocycles. The van der Waals surface area contributed by atoms with Crippen LogP contribution in [-0.4, -0.2) is 15.3 Å². The van der Waals surface area contributed by atoms with E-state index >= 15 is 0 Å². The Morgan fingerprint density at radius 3 is 2.68 bits per heavy atom. The van der Waals surface area contributed by atoms with Gasteiger partial charge in [0.05, 0.1) is 26.9 Å². The molecule has 0 amide bonds.